The molecule has 0 aliphatic rings. The first-order valence-corrected chi connectivity index (χ1v) is 9.50. The summed E-state index contributed by atoms with van der Waals surface area (Å²) in [5.74, 6) is -0.341. The number of urea groups is 1. The van der Waals surface area contributed by atoms with Gasteiger partial charge < -0.3 is 10.1 Å². The van der Waals surface area contributed by atoms with Gasteiger partial charge >= 0.3 is 12.0 Å². The van der Waals surface area contributed by atoms with E-state index in [0.717, 1.165) is 28.2 Å². The van der Waals surface area contributed by atoms with Crippen LogP contribution < -0.4 is 10.6 Å². The van der Waals surface area contributed by atoms with Gasteiger partial charge in [-0.15, -0.1) is 5.10 Å². The number of hydrogen-bond donors (Lipinski definition) is 2. The number of anilines is 2. The van der Waals surface area contributed by atoms with Crippen LogP contribution in [0.4, 0.5) is 15.5 Å². The van der Waals surface area contributed by atoms with E-state index < -0.39 is 0 Å². The number of carbonyl (C=O) groups is 2. The zero-order chi connectivity index (χ0) is 20.1. The molecule has 8 heteroatoms. The van der Waals surface area contributed by atoms with Crippen molar-refractivity contribution in [1.29, 1.82) is 0 Å². The van der Waals surface area contributed by atoms with Gasteiger partial charge in [0, 0.05) is 17.2 Å². The van der Waals surface area contributed by atoms with Crippen molar-refractivity contribution in [1.82, 2.24) is 9.59 Å². The van der Waals surface area contributed by atoms with Crippen LogP contribution in [0.2, 0.25) is 0 Å². The summed E-state index contributed by atoms with van der Waals surface area (Å²) in [4.78, 5) is 24.1. The summed E-state index contributed by atoms with van der Waals surface area (Å²) in [5, 5.41) is 9.96. The molecule has 0 unspecified atom stereocenters. The Kier molecular flexibility index (Phi) is 6.00. The highest BCUT2D eigenvalue weighted by molar-refractivity contribution is 7.10. The first-order valence-electron chi connectivity index (χ1n) is 8.73. The Labute approximate surface area is 166 Å². The van der Waals surface area contributed by atoms with Gasteiger partial charge in [-0.2, -0.15) is 0 Å². The van der Waals surface area contributed by atoms with E-state index in [1.54, 1.807) is 19.9 Å². The topological polar surface area (TPSA) is 93.2 Å². The maximum Gasteiger partial charge on any atom is 0.338 e. The van der Waals surface area contributed by atoms with Crippen molar-refractivity contribution in [3.8, 4) is 11.1 Å². The third kappa shape index (κ3) is 4.52. The fourth-order valence-corrected chi connectivity index (χ4v) is 3.18. The normalized spacial score (nSPS) is 10.4. The van der Waals surface area contributed by atoms with E-state index in [4.69, 9.17) is 4.74 Å². The largest absolute Gasteiger partial charge is 0.462 e. The molecule has 1 heterocycles. The summed E-state index contributed by atoms with van der Waals surface area (Å²) in [6.45, 7) is 5.87. The van der Waals surface area contributed by atoms with E-state index >= 15 is 0 Å². The molecule has 1 aromatic heterocycles. The average molecular weight is 396 g/mol. The molecule has 0 radical (unpaired) electrons. The van der Waals surface area contributed by atoms with Crippen LogP contribution in [0.1, 0.15) is 28.5 Å². The van der Waals surface area contributed by atoms with Crippen LogP contribution in [0, 0.1) is 13.8 Å². The maximum absolute atomic E-state index is 12.1. The quantitative estimate of drug-likeness (QED) is 0.613. The van der Waals surface area contributed by atoms with Crippen molar-refractivity contribution in [3.63, 3.8) is 0 Å². The van der Waals surface area contributed by atoms with Gasteiger partial charge in [0.15, 0.2) is 0 Å². The van der Waals surface area contributed by atoms with E-state index in [1.807, 2.05) is 43.3 Å². The lowest BCUT2D eigenvalue weighted by Crippen LogP contribution is -2.19. The molecular weight excluding hydrogens is 376 g/mol. The molecule has 2 amide bonds. The van der Waals surface area contributed by atoms with Crippen molar-refractivity contribution in [3.05, 3.63) is 59.3 Å². The van der Waals surface area contributed by atoms with Gasteiger partial charge in [-0.25, -0.2) is 9.59 Å². The lowest BCUT2D eigenvalue weighted by Gasteiger charge is -2.11. The van der Waals surface area contributed by atoms with Gasteiger partial charge in [-0.1, -0.05) is 22.7 Å². The van der Waals surface area contributed by atoms with Crippen molar-refractivity contribution >= 4 is 34.2 Å². The maximum atomic E-state index is 12.1. The number of benzene rings is 2. The Bertz CT molecular complexity index is 999. The SMILES string of the molecule is CCOC(=O)c1ccc(C)c(-c2ccc(NC(=O)Nc3snnc3C)cc2)c1. The van der Waals surface area contributed by atoms with E-state index in [-0.39, 0.29) is 12.0 Å². The molecule has 2 aromatic carbocycles. The van der Waals surface area contributed by atoms with Gasteiger partial charge in [0.25, 0.3) is 0 Å². The second-order valence-electron chi connectivity index (χ2n) is 6.09. The van der Waals surface area contributed by atoms with Crippen molar-refractivity contribution < 1.29 is 14.3 Å². The molecule has 7 nitrogen and oxygen atoms in total. The summed E-state index contributed by atoms with van der Waals surface area (Å²) in [7, 11) is 0. The molecule has 0 bridgehead atoms. The fourth-order valence-electron chi connectivity index (χ4n) is 2.62. The van der Waals surface area contributed by atoms with Crippen molar-refractivity contribution in [2.75, 3.05) is 17.2 Å². The van der Waals surface area contributed by atoms with Gasteiger partial charge in [0.2, 0.25) is 0 Å². The van der Waals surface area contributed by atoms with Crippen LogP contribution in [0.15, 0.2) is 42.5 Å². The molecule has 0 saturated carbocycles. The number of ether oxygens (including phenoxy) is 1. The Hall–Kier alpha value is -3.26. The molecule has 0 aliphatic heterocycles. The molecule has 0 saturated heterocycles. The summed E-state index contributed by atoms with van der Waals surface area (Å²) >= 11 is 1.13. The molecule has 0 aliphatic carbocycles. The number of amides is 2. The van der Waals surface area contributed by atoms with Crippen LogP contribution in [0.25, 0.3) is 11.1 Å². The molecule has 0 atom stereocenters. The molecule has 0 fully saturated rings. The molecule has 144 valence electrons. The predicted octanol–water partition coefficient (Wildman–Crippen LogP) is 4.64. The monoisotopic (exact) mass is 396 g/mol. The van der Waals surface area contributed by atoms with Gasteiger partial charge in [0.1, 0.15) is 5.00 Å². The zero-order valence-corrected chi connectivity index (χ0v) is 16.6. The lowest BCUT2D eigenvalue weighted by atomic mass is 9.98. The third-order valence-corrected chi connectivity index (χ3v) is 4.82. The number of nitrogens with one attached hydrogen (secondary N) is 2. The number of nitrogens with zero attached hydrogens (tertiary/aromatic N) is 2. The zero-order valence-electron chi connectivity index (χ0n) is 15.8. The van der Waals surface area contributed by atoms with E-state index in [0.29, 0.717) is 28.6 Å². The minimum atomic E-state index is -0.359. The minimum absolute atomic E-state index is 0.335. The van der Waals surface area contributed by atoms with Gasteiger partial charge in [0.05, 0.1) is 17.9 Å². The molecule has 3 aromatic rings. The van der Waals surface area contributed by atoms with Crippen LogP contribution in [-0.4, -0.2) is 28.2 Å². The molecule has 28 heavy (non-hydrogen) atoms. The number of esters is 1. The highest BCUT2D eigenvalue weighted by Crippen LogP contribution is 2.26. The summed E-state index contributed by atoms with van der Waals surface area (Å²) < 4.78 is 8.85. The Morgan fingerprint density at radius 2 is 1.82 bits per heavy atom. The molecule has 3 rings (SSSR count). The van der Waals surface area contributed by atoms with Gasteiger partial charge in [-0.05, 0) is 61.7 Å². The Morgan fingerprint density at radius 3 is 2.46 bits per heavy atom. The number of rotatable bonds is 5. The van der Waals surface area contributed by atoms with Crippen LogP contribution in [0.5, 0.6) is 0 Å². The van der Waals surface area contributed by atoms with Crippen molar-refractivity contribution in [2.24, 2.45) is 0 Å². The number of aryl methyl sites for hydroxylation is 2. The molecule has 0 spiro atoms. The molecule has 2 N–H and O–H groups in total. The molecular formula is C20H20N4O3S. The standard InChI is InChI=1S/C20H20N4O3S/c1-4-27-19(25)15-6-5-12(2)17(11-15)14-7-9-16(10-8-14)21-20(26)22-18-13(3)23-24-28-18/h5-11H,4H2,1-3H3,(H2,21,22,26). The number of aromatic nitrogens is 2. The Morgan fingerprint density at radius 1 is 1.07 bits per heavy atom. The summed E-state index contributed by atoms with van der Waals surface area (Å²) in [6, 6.07) is 12.5. The number of hydrogen-bond acceptors (Lipinski definition) is 6. The third-order valence-electron chi connectivity index (χ3n) is 4.08. The fraction of sp³-hybridized carbons (Fsp3) is 0.200. The van der Waals surface area contributed by atoms with Crippen LogP contribution in [0.3, 0.4) is 0 Å². The Balaban J connectivity index is 1.73. The summed E-state index contributed by atoms with van der Waals surface area (Å²) in [5.41, 5.74) is 4.75. The second-order valence-corrected chi connectivity index (χ2v) is 6.85. The first kappa shape index (κ1) is 19.5. The highest BCUT2D eigenvalue weighted by Gasteiger charge is 2.11. The first-order chi connectivity index (χ1) is 13.5. The van der Waals surface area contributed by atoms with E-state index in [9.17, 15) is 9.59 Å². The lowest BCUT2D eigenvalue weighted by molar-refractivity contribution is 0.0526. The average Bonchev–Trinajstić information content (AvgIpc) is 3.07. The van der Waals surface area contributed by atoms with E-state index in [1.165, 1.54) is 0 Å². The van der Waals surface area contributed by atoms with E-state index in [2.05, 4.69) is 20.2 Å². The van der Waals surface area contributed by atoms with Crippen molar-refractivity contribution in [2.45, 2.75) is 20.8 Å². The second kappa shape index (κ2) is 8.62. The highest BCUT2D eigenvalue weighted by atomic mass is 32.1. The smallest absolute Gasteiger partial charge is 0.338 e. The summed E-state index contributed by atoms with van der Waals surface area (Å²) in [6.07, 6.45) is 0. The minimum Gasteiger partial charge on any atom is -0.462 e. The number of carbonyl (C=O) groups excluding carboxylic acids is 2. The van der Waals surface area contributed by atoms with Crippen LogP contribution >= 0.6 is 11.5 Å². The van der Waals surface area contributed by atoms with Crippen LogP contribution in [-0.2, 0) is 4.74 Å². The van der Waals surface area contributed by atoms with Gasteiger partial charge in [-0.3, -0.25) is 5.32 Å². The predicted molar refractivity (Wildman–Crippen MR) is 110 cm³/mol.